The maximum Gasteiger partial charge on any atom is 0.0521 e. The Balaban J connectivity index is 1.67. The Kier molecular flexibility index (Phi) is 1.16. The zero-order valence-electron chi connectivity index (χ0n) is 8.10. The van der Waals surface area contributed by atoms with E-state index in [0.29, 0.717) is 0 Å². The van der Waals surface area contributed by atoms with Crippen LogP contribution in [0.25, 0.3) is 0 Å². The molecule has 1 aliphatic heterocycles. The largest absolute Gasteiger partial charge is 0.381 e. The minimum atomic E-state index is 0.780. The van der Waals surface area contributed by atoms with E-state index in [1.807, 2.05) is 0 Å². The number of hydrogen-bond donors (Lipinski definition) is 0. The highest BCUT2D eigenvalue weighted by atomic mass is 16.5. The highest BCUT2D eigenvalue weighted by Gasteiger charge is 2.71. The second-order valence-electron chi connectivity index (χ2n) is 5.64. The van der Waals surface area contributed by atoms with Crippen molar-refractivity contribution < 1.29 is 4.74 Å². The zero-order valence-corrected chi connectivity index (χ0v) is 8.10. The standard InChI is InChI=1S/C11H18O/c1-8(2)10-5-11(6-10,7-10)9-3-12-4-9/h8-9H,3-7H2,1-2H3. The van der Waals surface area contributed by atoms with Crippen LogP contribution in [0.2, 0.25) is 0 Å². The van der Waals surface area contributed by atoms with Crippen molar-refractivity contribution in [2.75, 3.05) is 13.2 Å². The Morgan fingerprint density at radius 2 is 1.75 bits per heavy atom. The fourth-order valence-corrected chi connectivity index (χ4v) is 3.58. The highest BCUT2D eigenvalue weighted by Crippen LogP contribution is 2.79. The molecule has 3 saturated carbocycles. The average molecular weight is 166 g/mol. The first-order valence-electron chi connectivity index (χ1n) is 5.25. The molecular weight excluding hydrogens is 148 g/mol. The summed E-state index contributed by atoms with van der Waals surface area (Å²) in [6.07, 6.45) is 4.56. The van der Waals surface area contributed by atoms with Crippen LogP contribution in [0.1, 0.15) is 33.1 Å². The van der Waals surface area contributed by atoms with Crippen LogP contribution in [-0.2, 0) is 4.74 Å². The molecule has 4 fully saturated rings. The van der Waals surface area contributed by atoms with Gasteiger partial charge in [-0.2, -0.15) is 0 Å². The first kappa shape index (κ1) is 7.37. The van der Waals surface area contributed by atoms with Gasteiger partial charge in [-0.1, -0.05) is 13.8 Å². The van der Waals surface area contributed by atoms with Crippen molar-refractivity contribution in [1.82, 2.24) is 0 Å². The lowest BCUT2D eigenvalue weighted by molar-refractivity contribution is -0.296. The first-order chi connectivity index (χ1) is 5.67. The number of rotatable bonds is 2. The number of ether oxygens (including phenoxy) is 1. The summed E-state index contributed by atoms with van der Waals surface area (Å²) >= 11 is 0. The van der Waals surface area contributed by atoms with Gasteiger partial charge in [0, 0.05) is 5.92 Å². The van der Waals surface area contributed by atoms with Crippen molar-refractivity contribution in [3.8, 4) is 0 Å². The van der Waals surface area contributed by atoms with Crippen molar-refractivity contribution in [3.63, 3.8) is 0 Å². The molecule has 68 valence electrons. The normalized spacial score (nSPS) is 51.2. The zero-order chi connectivity index (χ0) is 8.40. The number of hydrogen-bond acceptors (Lipinski definition) is 1. The fourth-order valence-electron chi connectivity index (χ4n) is 3.58. The molecule has 1 heteroatoms. The van der Waals surface area contributed by atoms with Gasteiger partial charge in [-0.05, 0) is 36.0 Å². The Labute approximate surface area is 74.5 Å². The van der Waals surface area contributed by atoms with E-state index in [4.69, 9.17) is 4.74 Å². The summed E-state index contributed by atoms with van der Waals surface area (Å²) in [6, 6.07) is 0. The topological polar surface area (TPSA) is 9.23 Å². The predicted octanol–water partition coefficient (Wildman–Crippen LogP) is 2.46. The van der Waals surface area contributed by atoms with E-state index in [1.54, 1.807) is 0 Å². The quantitative estimate of drug-likeness (QED) is 0.612. The van der Waals surface area contributed by atoms with E-state index < -0.39 is 0 Å². The summed E-state index contributed by atoms with van der Waals surface area (Å²) in [5.41, 5.74) is 1.57. The lowest BCUT2D eigenvalue weighted by Crippen LogP contribution is -2.69. The summed E-state index contributed by atoms with van der Waals surface area (Å²) in [7, 11) is 0. The van der Waals surface area contributed by atoms with Gasteiger partial charge < -0.3 is 4.74 Å². The maximum atomic E-state index is 5.27. The van der Waals surface area contributed by atoms with Crippen molar-refractivity contribution in [2.45, 2.75) is 33.1 Å². The average Bonchev–Trinajstić information content (AvgIpc) is 1.66. The smallest absolute Gasteiger partial charge is 0.0521 e. The first-order valence-corrected chi connectivity index (χ1v) is 5.25. The van der Waals surface area contributed by atoms with Crippen LogP contribution in [0.4, 0.5) is 0 Å². The fraction of sp³-hybridized carbons (Fsp3) is 1.00. The molecule has 2 bridgehead atoms. The molecule has 1 saturated heterocycles. The van der Waals surface area contributed by atoms with Crippen LogP contribution in [-0.4, -0.2) is 13.2 Å². The van der Waals surface area contributed by atoms with E-state index in [-0.39, 0.29) is 0 Å². The molecule has 0 aromatic carbocycles. The highest BCUT2D eigenvalue weighted by molar-refractivity contribution is 5.20. The molecule has 0 aromatic rings. The van der Waals surface area contributed by atoms with E-state index in [1.165, 1.54) is 19.3 Å². The minimum Gasteiger partial charge on any atom is -0.381 e. The lowest BCUT2D eigenvalue weighted by atomic mass is 9.29. The Hall–Kier alpha value is -0.0400. The van der Waals surface area contributed by atoms with Crippen molar-refractivity contribution in [2.24, 2.45) is 22.7 Å². The maximum absolute atomic E-state index is 5.27. The van der Waals surface area contributed by atoms with Gasteiger partial charge in [0.05, 0.1) is 13.2 Å². The van der Waals surface area contributed by atoms with Gasteiger partial charge in [0.15, 0.2) is 0 Å². The summed E-state index contributed by atoms with van der Waals surface area (Å²) in [4.78, 5) is 0. The Bertz CT molecular complexity index is 195. The van der Waals surface area contributed by atoms with Crippen molar-refractivity contribution >= 4 is 0 Å². The lowest BCUT2D eigenvalue weighted by Gasteiger charge is -2.76. The van der Waals surface area contributed by atoms with Gasteiger partial charge in [-0.3, -0.25) is 0 Å². The van der Waals surface area contributed by atoms with Gasteiger partial charge in [-0.25, -0.2) is 0 Å². The van der Waals surface area contributed by atoms with Gasteiger partial charge in [0.1, 0.15) is 0 Å². The van der Waals surface area contributed by atoms with Crippen LogP contribution >= 0.6 is 0 Å². The van der Waals surface area contributed by atoms with Gasteiger partial charge in [0.2, 0.25) is 0 Å². The summed E-state index contributed by atoms with van der Waals surface area (Å²) in [5, 5.41) is 0. The molecule has 0 atom stereocenters. The van der Waals surface area contributed by atoms with Gasteiger partial charge in [-0.15, -0.1) is 0 Å². The predicted molar refractivity (Wildman–Crippen MR) is 47.9 cm³/mol. The van der Waals surface area contributed by atoms with Crippen LogP contribution < -0.4 is 0 Å². The molecule has 0 radical (unpaired) electrons. The van der Waals surface area contributed by atoms with E-state index >= 15 is 0 Å². The second kappa shape index (κ2) is 1.89. The van der Waals surface area contributed by atoms with Crippen molar-refractivity contribution in [1.29, 1.82) is 0 Å². The summed E-state index contributed by atoms with van der Waals surface area (Å²) < 4.78 is 5.27. The third-order valence-corrected chi connectivity index (χ3v) is 4.84. The summed E-state index contributed by atoms with van der Waals surface area (Å²) in [6.45, 7) is 6.91. The van der Waals surface area contributed by atoms with Crippen LogP contribution in [0.5, 0.6) is 0 Å². The third-order valence-electron chi connectivity index (χ3n) is 4.84. The second-order valence-corrected chi connectivity index (χ2v) is 5.64. The van der Waals surface area contributed by atoms with E-state index in [9.17, 15) is 0 Å². The Morgan fingerprint density at radius 1 is 1.17 bits per heavy atom. The van der Waals surface area contributed by atoms with Gasteiger partial charge in [0.25, 0.3) is 0 Å². The minimum absolute atomic E-state index is 0.780. The molecule has 0 spiro atoms. The van der Waals surface area contributed by atoms with E-state index in [0.717, 1.165) is 35.9 Å². The molecular formula is C11H18O. The summed E-state index contributed by atoms with van der Waals surface area (Å²) in [5.74, 6) is 1.86. The molecule has 0 aromatic heterocycles. The molecule has 3 aliphatic carbocycles. The van der Waals surface area contributed by atoms with E-state index in [2.05, 4.69) is 13.8 Å². The molecule has 1 nitrogen and oxygen atoms in total. The molecule has 4 rings (SSSR count). The van der Waals surface area contributed by atoms with Crippen LogP contribution in [0, 0.1) is 22.7 Å². The van der Waals surface area contributed by atoms with Crippen LogP contribution in [0.3, 0.4) is 0 Å². The van der Waals surface area contributed by atoms with Gasteiger partial charge >= 0.3 is 0 Å². The molecule has 0 amide bonds. The Morgan fingerprint density at radius 3 is 2.08 bits per heavy atom. The third kappa shape index (κ3) is 0.618. The monoisotopic (exact) mass is 166 g/mol. The molecule has 0 unspecified atom stereocenters. The SMILES string of the molecule is CC(C)C12CC(C3COC3)(C1)C2. The van der Waals surface area contributed by atoms with Crippen LogP contribution in [0.15, 0.2) is 0 Å². The molecule has 12 heavy (non-hydrogen) atoms. The molecule has 1 heterocycles. The molecule has 0 N–H and O–H groups in total. The van der Waals surface area contributed by atoms with Crippen molar-refractivity contribution in [3.05, 3.63) is 0 Å². The molecule has 4 aliphatic rings.